The van der Waals surface area contributed by atoms with E-state index < -0.39 is 12.0 Å². The molecule has 0 aliphatic rings. The predicted molar refractivity (Wildman–Crippen MR) is 71.2 cm³/mol. The maximum atomic E-state index is 11.0. The maximum absolute atomic E-state index is 11.0. The molecule has 1 aromatic carbocycles. The molecule has 0 saturated carbocycles. The Morgan fingerprint density at radius 3 is 2.83 bits per heavy atom. The molecule has 0 aromatic heterocycles. The van der Waals surface area contributed by atoms with Crippen molar-refractivity contribution in [2.45, 2.75) is 32.4 Å². The number of methoxy groups -OCH3 is 1. The Morgan fingerprint density at radius 2 is 2.28 bits per heavy atom. The average molecular weight is 272 g/mol. The van der Waals surface area contributed by atoms with E-state index in [2.05, 4.69) is 5.32 Å². The number of hydrogen-bond acceptors (Lipinski definition) is 3. The highest BCUT2D eigenvalue weighted by Gasteiger charge is 2.16. The number of carboxylic acids is 1. The van der Waals surface area contributed by atoms with Gasteiger partial charge in [0.25, 0.3) is 0 Å². The first-order chi connectivity index (χ1) is 8.58. The molecule has 5 heteroatoms. The summed E-state index contributed by atoms with van der Waals surface area (Å²) in [6.07, 6.45) is 1.41. The molecule has 18 heavy (non-hydrogen) atoms. The third-order valence-electron chi connectivity index (χ3n) is 2.66. The fourth-order valence-corrected chi connectivity index (χ4v) is 1.91. The van der Waals surface area contributed by atoms with Gasteiger partial charge in [-0.2, -0.15) is 0 Å². The summed E-state index contributed by atoms with van der Waals surface area (Å²) in [4.78, 5) is 11.0. The number of carboxylic acid groups (broad SMARTS) is 1. The Hall–Kier alpha value is -1.26. The largest absolute Gasteiger partial charge is 0.496 e. The lowest BCUT2D eigenvalue weighted by atomic mass is 10.1. The fourth-order valence-electron chi connectivity index (χ4n) is 1.72. The van der Waals surface area contributed by atoms with Crippen LogP contribution in [-0.2, 0) is 11.3 Å². The molecule has 1 rings (SSSR count). The molecule has 0 aliphatic carbocycles. The monoisotopic (exact) mass is 271 g/mol. The lowest BCUT2D eigenvalue weighted by Crippen LogP contribution is -2.36. The standard InChI is InChI=1S/C13H18ClNO3/c1-3-4-11(13(16)17)15-8-9-7-10(14)5-6-12(9)18-2/h5-7,11,15H,3-4,8H2,1-2H3,(H,16,17). The third-order valence-corrected chi connectivity index (χ3v) is 2.89. The molecule has 1 aromatic rings. The Bertz CT molecular complexity index is 409. The quantitative estimate of drug-likeness (QED) is 0.801. The van der Waals surface area contributed by atoms with Gasteiger partial charge in [-0.05, 0) is 24.6 Å². The lowest BCUT2D eigenvalue weighted by molar-refractivity contribution is -0.139. The number of carbonyl (C=O) groups is 1. The van der Waals surface area contributed by atoms with E-state index in [9.17, 15) is 4.79 Å². The van der Waals surface area contributed by atoms with Gasteiger partial charge < -0.3 is 15.2 Å². The molecule has 4 nitrogen and oxygen atoms in total. The number of rotatable bonds is 7. The van der Waals surface area contributed by atoms with Crippen molar-refractivity contribution in [1.82, 2.24) is 5.32 Å². The van der Waals surface area contributed by atoms with E-state index in [1.54, 1.807) is 25.3 Å². The summed E-state index contributed by atoms with van der Waals surface area (Å²) in [6.45, 7) is 2.37. The molecule has 0 heterocycles. The van der Waals surface area contributed by atoms with E-state index in [1.807, 2.05) is 6.92 Å². The highest BCUT2D eigenvalue weighted by molar-refractivity contribution is 6.30. The summed E-state index contributed by atoms with van der Waals surface area (Å²) >= 11 is 5.91. The van der Waals surface area contributed by atoms with Crippen LogP contribution in [-0.4, -0.2) is 24.2 Å². The molecule has 0 saturated heterocycles. The maximum Gasteiger partial charge on any atom is 0.320 e. The van der Waals surface area contributed by atoms with Gasteiger partial charge in [-0.3, -0.25) is 4.79 Å². The van der Waals surface area contributed by atoms with Gasteiger partial charge in [0.1, 0.15) is 11.8 Å². The summed E-state index contributed by atoms with van der Waals surface area (Å²) in [5, 5.41) is 12.7. The Morgan fingerprint density at radius 1 is 1.56 bits per heavy atom. The molecule has 0 aliphatic heterocycles. The van der Waals surface area contributed by atoms with Crippen LogP contribution in [0.25, 0.3) is 0 Å². The molecule has 2 N–H and O–H groups in total. The van der Waals surface area contributed by atoms with Crippen LogP contribution in [0.4, 0.5) is 0 Å². The second-order valence-electron chi connectivity index (χ2n) is 4.02. The van der Waals surface area contributed by atoms with E-state index in [-0.39, 0.29) is 0 Å². The van der Waals surface area contributed by atoms with Crippen LogP contribution in [0.1, 0.15) is 25.3 Å². The van der Waals surface area contributed by atoms with Crippen molar-refractivity contribution < 1.29 is 14.6 Å². The first kappa shape index (κ1) is 14.8. The number of nitrogens with one attached hydrogen (secondary N) is 1. The molecule has 0 amide bonds. The normalized spacial score (nSPS) is 12.2. The van der Waals surface area contributed by atoms with E-state index in [0.29, 0.717) is 23.7 Å². The summed E-state index contributed by atoms with van der Waals surface area (Å²) in [6, 6.07) is 4.75. The minimum absolute atomic E-state index is 0.417. The van der Waals surface area contributed by atoms with Gasteiger partial charge in [0.05, 0.1) is 7.11 Å². The molecule has 0 spiro atoms. The van der Waals surface area contributed by atoms with Gasteiger partial charge in [-0.1, -0.05) is 24.9 Å². The zero-order valence-electron chi connectivity index (χ0n) is 10.6. The van der Waals surface area contributed by atoms with Crippen molar-refractivity contribution in [3.8, 4) is 5.75 Å². The fraction of sp³-hybridized carbons (Fsp3) is 0.462. The lowest BCUT2D eigenvalue weighted by Gasteiger charge is -2.15. The molecule has 100 valence electrons. The highest BCUT2D eigenvalue weighted by atomic mass is 35.5. The van der Waals surface area contributed by atoms with Crippen LogP contribution in [0.5, 0.6) is 5.75 Å². The van der Waals surface area contributed by atoms with Crippen molar-refractivity contribution in [3.05, 3.63) is 28.8 Å². The molecule has 1 unspecified atom stereocenters. The second kappa shape index (κ2) is 7.24. The smallest absolute Gasteiger partial charge is 0.320 e. The number of benzene rings is 1. The van der Waals surface area contributed by atoms with E-state index >= 15 is 0 Å². The van der Waals surface area contributed by atoms with Crippen molar-refractivity contribution in [2.75, 3.05) is 7.11 Å². The van der Waals surface area contributed by atoms with Crippen LogP contribution in [0, 0.1) is 0 Å². The van der Waals surface area contributed by atoms with E-state index in [1.165, 1.54) is 0 Å². The van der Waals surface area contributed by atoms with Gasteiger partial charge >= 0.3 is 5.97 Å². The van der Waals surface area contributed by atoms with Crippen molar-refractivity contribution >= 4 is 17.6 Å². The van der Waals surface area contributed by atoms with Gasteiger partial charge in [-0.25, -0.2) is 0 Å². The Kier molecular flexibility index (Phi) is 5.95. The molecular weight excluding hydrogens is 254 g/mol. The van der Waals surface area contributed by atoms with Crippen molar-refractivity contribution in [1.29, 1.82) is 0 Å². The summed E-state index contributed by atoms with van der Waals surface area (Å²) < 4.78 is 5.21. The summed E-state index contributed by atoms with van der Waals surface area (Å²) in [7, 11) is 1.58. The van der Waals surface area contributed by atoms with Crippen molar-refractivity contribution in [3.63, 3.8) is 0 Å². The molecule has 1 atom stereocenters. The average Bonchev–Trinajstić information content (AvgIpc) is 2.34. The molecule has 0 bridgehead atoms. The van der Waals surface area contributed by atoms with Gasteiger partial charge in [0.2, 0.25) is 0 Å². The topological polar surface area (TPSA) is 58.6 Å². The number of aliphatic carboxylic acids is 1. The molecule has 0 fully saturated rings. The number of ether oxygens (including phenoxy) is 1. The van der Waals surface area contributed by atoms with Crippen LogP contribution in [0.3, 0.4) is 0 Å². The first-order valence-electron chi connectivity index (χ1n) is 5.87. The van der Waals surface area contributed by atoms with E-state index in [4.69, 9.17) is 21.4 Å². The zero-order valence-corrected chi connectivity index (χ0v) is 11.3. The van der Waals surface area contributed by atoms with Crippen LogP contribution in [0.15, 0.2) is 18.2 Å². The predicted octanol–water partition coefficient (Wildman–Crippen LogP) is 2.69. The third kappa shape index (κ3) is 4.20. The first-order valence-corrected chi connectivity index (χ1v) is 6.24. The zero-order chi connectivity index (χ0) is 13.5. The van der Waals surface area contributed by atoms with Crippen LogP contribution >= 0.6 is 11.6 Å². The highest BCUT2D eigenvalue weighted by Crippen LogP contribution is 2.22. The van der Waals surface area contributed by atoms with Crippen molar-refractivity contribution in [2.24, 2.45) is 0 Å². The summed E-state index contributed by atoms with van der Waals surface area (Å²) in [5.74, 6) is -0.134. The van der Waals surface area contributed by atoms with Crippen LogP contribution < -0.4 is 10.1 Å². The molecular formula is C13H18ClNO3. The van der Waals surface area contributed by atoms with Crippen LogP contribution in [0.2, 0.25) is 5.02 Å². The SMILES string of the molecule is CCCC(NCc1cc(Cl)ccc1OC)C(=O)O. The van der Waals surface area contributed by atoms with Gasteiger partial charge in [-0.15, -0.1) is 0 Å². The summed E-state index contributed by atoms with van der Waals surface area (Å²) in [5.41, 5.74) is 0.854. The van der Waals surface area contributed by atoms with E-state index in [0.717, 1.165) is 12.0 Å². The Balaban J connectivity index is 2.71. The number of halogens is 1. The second-order valence-corrected chi connectivity index (χ2v) is 4.45. The van der Waals surface area contributed by atoms with Gasteiger partial charge in [0.15, 0.2) is 0 Å². The minimum Gasteiger partial charge on any atom is -0.496 e. The molecule has 0 radical (unpaired) electrons. The minimum atomic E-state index is -0.835. The van der Waals surface area contributed by atoms with Gasteiger partial charge in [0, 0.05) is 17.1 Å². The Labute approximate surface area is 112 Å². The number of hydrogen-bond donors (Lipinski definition) is 2.